The van der Waals surface area contributed by atoms with Gasteiger partial charge in [0.2, 0.25) is 5.91 Å². The van der Waals surface area contributed by atoms with E-state index in [4.69, 9.17) is 9.47 Å². The summed E-state index contributed by atoms with van der Waals surface area (Å²) < 4.78 is 12.1. The second-order valence-electron chi connectivity index (χ2n) is 12.0. The van der Waals surface area contributed by atoms with Gasteiger partial charge in [-0.2, -0.15) is 0 Å². The standard InChI is InChI=1S/C41H38N2O5/c1-28(42-40(46)47-27-37-35-25-15-13-23-33(35)34-24-14-16-26-36(34)37)38(44)43(3)29(2)39(45)48-41(30-17-7-4-8-18-30,31-19-9-5-10-20-31)32-21-11-6-12-22-32/h4-26,28-29,37H,27H2,1-3H3,(H,42,46)/t28-,29-/m0/s1. The largest absolute Gasteiger partial charge is 0.449 e. The van der Waals surface area contributed by atoms with Crippen LogP contribution in [0.4, 0.5) is 4.79 Å². The van der Waals surface area contributed by atoms with Gasteiger partial charge in [-0.3, -0.25) is 4.79 Å². The Morgan fingerprint density at radius 1 is 0.667 bits per heavy atom. The van der Waals surface area contributed by atoms with Crippen LogP contribution in [0.5, 0.6) is 0 Å². The second-order valence-corrected chi connectivity index (χ2v) is 12.0. The monoisotopic (exact) mass is 638 g/mol. The van der Waals surface area contributed by atoms with Crippen LogP contribution in [0.15, 0.2) is 140 Å². The first-order valence-electron chi connectivity index (χ1n) is 16.1. The molecule has 6 rings (SSSR count). The highest BCUT2D eigenvalue weighted by Gasteiger charge is 2.42. The van der Waals surface area contributed by atoms with E-state index in [-0.39, 0.29) is 12.5 Å². The summed E-state index contributed by atoms with van der Waals surface area (Å²) >= 11 is 0. The number of esters is 1. The van der Waals surface area contributed by atoms with Gasteiger partial charge in [0.15, 0.2) is 5.60 Å². The van der Waals surface area contributed by atoms with Crippen molar-refractivity contribution < 1.29 is 23.9 Å². The van der Waals surface area contributed by atoms with Gasteiger partial charge in [-0.25, -0.2) is 9.59 Å². The zero-order valence-electron chi connectivity index (χ0n) is 27.2. The SMILES string of the molecule is C[C@H](NC(=O)OCC1c2ccccc2-c2ccccc21)C(=O)N(C)[C@@H](C)C(=O)OC(c1ccccc1)(c1ccccc1)c1ccccc1. The Balaban J connectivity index is 1.15. The lowest BCUT2D eigenvalue weighted by molar-refractivity contribution is -0.162. The van der Waals surface area contributed by atoms with Crippen LogP contribution in [0.2, 0.25) is 0 Å². The summed E-state index contributed by atoms with van der Waals surface area (Å²) in [6, 6.07) is 42.9. The number of alkyl carbamates (subject to hydrolysis) is 1. The molecule has 0 heterocycles. The van der Waals surface area contributed by atoms with E-state index < -0.39 is 35.7 Å². The fraction of sp³-hybridized carbons (Fsp3) is 0.195. The van der Waals surface area contributed by atoms with Crippen LogP contribution < -0.4 is 5.32 Å². The third kappa shape index (κ3) is 6.19. The van der Waals surface area contributed by atoms with Crippen LogP contribution in [0.1, 0.15) is 47.6 Å². The van der Waals surface area contributed by atoms with Crippen LogP contribution in [0, 0.1) is 0 Å². The molecule has 0 radical (unpaired) electrons. The van der Waals surface area contributed by atoms with E-state index in [1.807, 2.05) is 127 Å². The van der Waals surface area contributed by atoms with Gasteiger partial charge in [-0.05, 0) is 36.1 Å². The summed E-state index contributed by atoms with van der Waals surface area (Å²) in [7, 11) is 1.53. The molecule has 0 saturated heterocycles. The first-order valence-corrected chi connectivity index (χ1v) is 16.1. The van der Waals surface area contributed by atoms with Crippen molar-refractivity contribution in [2.45, 2.75) is 37.5 Å². The molecule has 7 heteroatoms. The molecule has 1 aliphatic rings. The molecule has 2 atom stereocenters. The van der Waals surface area contributed by atoms with Gasteiger partial charge in [-0.15, -0.1) is 0 Å². The highest BCUT2D eigenvalue weighted by molar-refractivity contribution is 5.89. The first-order chi connectivity index (χ1) is 23.3. The lowest BCUT2D eigenvalue weighted by Gasteiger charge is -2.37. The number of hydrogen-bond donors (Lipinski definition) is 1. The van der Waals surface area contributed by atoms with Crippen molar-refractivity contribution in [3.05, 3.63) is 167 Å². The molecule has 5 aromatic rings. The van der Waals surface area contributed by atoms with Crippen LogP contribution in [0.25, 0.3) is 11.1 Å². The van der Waals surface area contributed by atoms with Crippen molar-refractivity contribution in [2.75, 3.05) is 13.7 Å². The molecule has 1 aliphatic carbocycles. The number of ether oxygens (including phenoxy) is 2. The van der Waals surface area contributed by atoms with Gasteiger partial charge in [0.25, 0.3) is 0 Å². The third-order valence-electron chi connectivity index (χ3n) is 9.11. The van der Waals surface area contributed by atoms with Crippen molar-refractivity contribution >= 4 is 18.0 Å². The predicted octanol–water partition coefficient (Wildman–Crippen LogP) is 7.30. The molecule has 0 saturated carbocycles. The minimum absolute atomic E-state index is 0.106. The van der Waals surface area contributed by atoms with Crippen LogP contribution in [0.3, 0.4) is 0 Å². The number of nitrogens with zero attached hydrogens (tertiary/aromatic N) is 1. The Morgan fingerprint density at radius 2 is 1.08 bits per heavy atom. The maximum atomic E-state index is 14.0. The Labute approximate surface area is 281 Å². The van der Waals surface area contributed by atoms with Crippen molar-refractivity contribution in [1.29, 1.82) is 0 Å². The number of likely N-dealkylation sites (N-methyl/N-ethyl adjacent to an activating group) is 1. The number of benzene rings is 5. The number of carbonyl (C=O) groups excluding carboxylic acids is 3. The Hall–Kier alpha value is -5.69. The van der Waals surface area contributed by atoms with Gasteiger partial charge >= 0.3 is 12.1 Å². The number of rotatable bonds is 10. The summed E-state index contributed by atoms with van der Waals surface area (Å²) in [4.78, 5) is 41.7. The van der Waals surface area contributed by atoms with E-state index in [1.54, 1.807) is 13.8 Å². The minimum atomic E-state index is -1.27. The number of amides is 2. The highest BCUT2D eigenvalue weighted by Crippen LogP contribution is 2.44. The normalized spacial score (nSPS) is 13.4. The Morgan fingerprint density at radius 3 is 1.54 bits per heavy atom. The lowest BCUT2D eigenvalue weighted by atomic mass is 9.80. The van der Waals surface area contributed by atoms with E-state index in [0.29, 0.717) is 0 Å². The molecule has 48 heavy (non-hydrogen) atoms. The van der Waals surface area contributed by atoms with E-state index in [2.05, 4.69) is 17.4 Å². The van der Waals surface area contributed by atoms with Crippen LogP contribution in [-0.2, 0) is 24.7 Å². The molecule has 242 valence electrons. The molecule has 0 bridgehead atoms. The Kier molecular flexibility index (Phi) is 9.39. The molecule has 0 aliphatic heterocycles. The van der Waals surface area contributed by atoms with Gasteiger partial charge in [0.05, 0.1) is 0 Å². The molecule has 1 N–H and O–H groups in total. The number of nitrogens with one attached hydrogen (secondary N) is 1. The van der Waals surface area contributed by atoms with Crippen molar-refractivity contribution in [2.24, 2.45) is 0 Å². The van der Waals surface area contributed by atoms with Crippen molar-refractivity contribution in [3.8, 4) is 11.1 Å². The van der Waals surface area contributed by atoms with Crippen LogP contribution in [-0.4, -0.2) is 48.6 Å². The van der Waals surface area contributed by atoms with Crippen LogP contribution >= 0.6 is 0 Å². The summed E-state index contributed by atoms with van der Waals surface area (Å²) in [5.74, 6) is -1.17. The fourth-order valence-corrected chi connectivity index (χ4v) is 6.46. The summed E-state index contributed by atoms with van der Waals surface area (Å²) in [5, 5.41) is 2.65. The molecule has 5 aromatic carbocycles. The molecule has 0 spiro atoms. The quantitative estimate of drug-likeness (QED) is 0.128. The average molecular weight is 639 g/mol. The minimum Gasteiger partial charge on any atom is -0.449 e. The smallest absolute Gasteiger partial charge is 0.407 e. The van der Waals surface area contributed by atoms with E-state index in [9.17, 15) is 14.4 Å². The zero-order valence-corrected chi connectivity index (χ0v) is 27.2. The molecule has 0 fully saturated rings. The molecule has 2 amide bonds. The van der Waals surface area contributed by atoms with E-state index in [0.717, 1.165) is 38.9 Å². The van der Waals surface area contributed by atoms with E-state index in [1.165, 1.54) is 11.9 Å². The summed E-state index contributed by atoms with van der Waals surface area (Å²) in [6.45, 7) is 3.31. The molecule has 0 unspecified atom stereocenters. The number of fused-ring (bicyclic) bond motifs is 3. The molecule has 7 nitrogen and oxygen atoms in total. The average Bonchev–Trinajstić information content (AvgIpc) is 3.46. The van der Waals surface area contributed by atoms with Crippen molar-refractivity contribution in [3.63, 3.8) is 0 Å². The molecular weight excluding hydrogens is 600 g/mol. The fourth-order valence-electron chi connectivity index (χ4n) is 6.46. The molecular formula is C41H38N2O5. The van der Waals surface area contributed by atoms with Crippen molar-refractivity contribution in [1.82, 2.24) is 10.2 Å². The number of carbonyl (C=O) groups is 3. The maximum absolute atomic E-state index is 14.0. The predicted molar refractivity (Wildman–Crippen MR) is 185 cm³/mol. The summed E-state index contributed by atoms with van der Waals surface area (Å²) in [6.07, 6.45) is -0.711. The summed E-state index contributed by atoms with van der Waals surface area (Å²) in [5.41, 5.74) is 5.48. The van der Waals surface area contributed by atoms with Gasteiger partial charge in [0.1, 0.15) is 18.7 Å². The maximum Gasteiger partial charge on any atom is 0.407 e. The van der Waals surface area contributed by atoms with E-state index >= 15 is 0 Å². The Bertz CT molecular complexity index is 1750. The highest BCUT2D eigenvalue weighted by atomic mass is 16.6. The number of hydrogen-bond acceptors (Lipinski definition) is 5. The lowest BCUT2D eigenvalue weighted by Crippen LogP contribution is -2.51. The molecule has 0 aromatic heterocycles. The van der Waals surface area contributed by atoms with Gasteiger partial charge < -0.3 is 19.7 Å². The third-order valence-corrected chi connectivity index (χ3v) is 9.11. The topological polar surface area (TPSA) is 84.9 Å². The zero-order chi connectivity index (χ0) is 33.7. The van der Waals surface area contributed by atoms with Gasteiger partial charge in [0, 0.05) is 29.7 Å². The van der Waals surface area contributed by atoms with Gasteiger partial charge in [-0.1, -0.05) is 140 Å². The first kappa shape index (κ1) is 32.3. The second kappa shape index (κ2) is 14.0.